The summed E-state index contributed by atoms with van der Waals surface area (Å²) in [4.78, 5) is 0. The minimum atomic E-state index is 0.687. The van der Waals surface area contributed by atoms with Crippen molar-refractivity contribution in [2.75, 3.05) is 13.1 Å². The molecule has 3 atom stereocenters. The third-order valence-electron chi connectivity index (χ3n) is 5.13. The summed E-state index contributed by atoms with van der Waals surface area (Å²) in [5, 5.41) is 3.64. The average Bonchev–Trinajstić information content (AvgIpc) is 2.19. The molecule has 1 aliphatic carbocycles. The molecule has 1 heteroatoms. The van der Waals surface area contributed by atoms with E-state index in [1.54, 1.807) is 0 Å². The Morgan fingerprint density at radius 2 is 1.82 bits per heavy atom. The first-order valence-corrected chi connectivity index (χ1v) is 7.72. The Morgan fingerprint density at radius 3 is 2.41 bits per heavy atom. The van der Waals surface area contributed by atoms with Crippen molar-refractivity contribution in [2.24, 2.45) is 29.1 Å². The standard InChI is InChI=1S/C16H31N/c1-12(2)7-15-11-17-6-5-16(15)9-13(3)8-14(4)10-16/h12-15,17H,5-11H2,1-4H3. The molecular weight excluding hydrogens is 206 g/mol. The van der Waals surface area contributed by atoms with Crippen molar-refractivity contribution < 1.29 is 0 Å². The summed E-state index contributed by atoms with van der Waals surface area (Å²) >= 11 is 0. The zero-order chi connectivity index (χ0) is 12.5. The fourth-order valence-corrected chi connectivity index (χ4v) is 4.80. The van der Waals surface area contributed by atoms with Crippen LogP contribution in [-0.4, -0.2) is 13.1 Å². The minimum Gasteiger partial charge on any atom is -0.316 e. The third-order valence-corrected chi connectivity index (χ3v) is 5.13. The van der Waals surface area contributed by atoms with Crippen molar-refractivity contribution in [1.82, 2.24) is 5.32 Å². The number of piperidine rings is 1. The molecule has 0 aromatic heterocycles. The number of nitrogens with one attached hydrogen (secondary N) is 1. The molecule has 1 nitrogen and oxygen atoms in total. The predicted molar refractivity (Wildman–Crippen MR) is 75.0 cm³/mol. The molecule has 1 aliphatic heterocycles. The van der Waals surface area contributed by atoms with Gasteiger partial charge in [0.2, 0.25) is 0 Å². The van der Waals surface area contributed by atoms with Crippen LogP contribution in [0, 0.1) is 29.1 Å². The molecule has 0 bridgehead atoms. The largest absolute Gasteiger partial charge is 0.316 e. The van der Waals surface area contributed by atoms with Gasteiger partial charge in [0.1, 0.15) is 0 Å². The van der Waals surface area contributed by atoms with Gasteiger partial charge in [-0.1, -0.05) is 27.7 Å². The van der Waals surface area contributed by atoms with Gasteiger partial charge in [0.05, 0.1) is 0 Å². The summed E-state index contributed by atoms with van der Waals surface area (Å²) in [7, 11) is 0. The van der Waals surface area contributed by atoms with Gasteiger partial charge in [0.15, 0.2) is 0 Å². The maximum atomic E-state index is 3.64. The Morgan fingerprint density at radius 1 is 1.18 bits per heavy atom. The Labute approximate surface area is 108 Å². The molecule has 0 radical (unpaired) electrons. The lowest BCUT2D eigenvalue weighted by atomic mass is 9.56. The second kappa shape index (κ2) is 5.30. The van der Waals surface area contributed by atoms with Crippen molar-refractivity contribution in [3.05, 3.63) is 0 Å². The van der Waals surface area contributed by atoms with Crippen LogP contribution in [0.1, 0.15) is 59.8 Å². The van der Waals surface area contributed by atoms with E-state index < -0.39 is 0 Å². The second-order valence-electron chi connectivity index (χ2n) is 7.50. The van der Waals surface area contributed by atoms with Crippen molar-refractivity contribution >= 4 is 0 Å². The van der Waals surface area contributed by atoms with Gasteiger partial charge in [-0.3, -0.25) is 0 Å². The van der Waals surface area contributed by atoms with Crippen molar-refractivity contribution in [3.8, 4) is 0 Å². The molecule has 0 aromatic carbocycles. The van der Waals surface area contributed by atoms with Crippen molar-refractivity contribution in [1.29, 1.82) is 0 Å². The van der Waals surface area contributed by atoms with Gasteiger partial charge in [0, 0.05) is 0 Å². The highest BCUT2D eigenvalue weighted by molar-refractivity contribution is 4.96. The van der Waals surface area contributed by atoms with Crippen molar-refractivity contribution in [2.45, 2.75) is 59.8 Å². The van der Waals surface area contributed by atoms with E-state index in [1.807, 2.05) is 0 Å². The molecule has 1 heterocycles. The zero-order valence-electron chi connectivity index (χ0n) is 12.3. The van der Waals surface area contributed by atoms with Crippen molar-refractivity contribution in [3.63, 3.8) is 0 Å². The van der Waals surface area contributed by atoms with Crippen LogP contribution in [0.15, 0.2) is 0 Å². The first-order chi connectivity index (χ1) is 8.02. The normalized spacial score (nSPS) is 43.2. The molecule has 2 fully saturated rings. The van der Waals surface area contributed by atoms with Crippen LogP contribution in [0.3, 0.4) is 0 Å². The SMILES string of the molecule is CC(C)CC1CNCCC12CC(C)CC(C)C2. The quantitative estimate of drug-likeness (QED) is 0.763. The van der Waals surface area contributed by atoms with Gasteiger partial charge < -0.3 is 5.32 Å². The van der Waals surface area contributed by atoms with E-state index in [0.717, 1.165) is 23.7 Å². The predicted octanol–water partition coefficient (Wildman–Crippen LogP) is 4.08. The van der Waals surface area contributed by atoms with E-state index in [9.17, 15) is 0 Å². The van der Waals surface area contributed by atoms with E-state index >= 15 is 0 Å². The lowest BCUT2D eigenvalue weighted by Crippen LogP contribution is -2.49. The van der Waals surface area contributed by atoms with Gasteiger partial charge >= 0.3 is 0 Å². The van der Waals surface area contributed by atoms with E-state index in [1.165, 1.54) is 45.2 Å². The second-order valence-corrected chi connectivity index (χ2v) is 7.50. The molecule has 3 unspecified atom stereocenters. The zero-order valence-corrected chi connectivity index (χ0v) is 12.3. The minimum absolute atomic E-state index is 0.687. The summed E-state index contributed by atoms with van der Waals surface area (Å²) in [5.74, 6) is 3.68. The van der Waals surface area contributed by atoms with E-state index in [0.29, 0.717) is 5.41 Å². The summed E-state index contributed by atoms with van der Waals surface area (Å²) in [5.41, 5.74) is 0.687. The smallest absolute Gasteiger partial charge is 0.00151 e. The Hall–Kier alpha value is -0.0400. The van der Waals surface area contributed by atoms with Crippen LogP contribution in [-0.2, 0) is 0 Å². The molecular formula is C16H31N. The van der Waals surface area contributed by atoms with E-state index in [4.69, 9.17) is 0 Å². The maximum Gasteiger partial charge on any atom is -0.00151 e. The summed E-state index contributed by atoms with van der Waals surface area (Å²) in [6.07, 6.45) is 7.31. The van der Waals surface area contributed by atoms with Crippen LogP contribution in [0.2, 0.25) is 0 Å². The molecule has 0 aromatic rings. The molecule has 1 saturated carbocycles. The van der Waals surface area contributed by atoms with Crippen LogP contribution in [0.25, 0.3) is 0 Å². The topological polar surface area (TPSA) is 12.0 Å². The summed E-state index contributed by atoms with van der Waals surface area (Å²) in [6.45, 7) is 12.3. The van der Waals surface area contributed by atoms with E-state index in [-0.39, 0.29) is 0 Å². The average molecular weight is 237 g/mol. The van der Waals surface area contributed by atoms with Gasteiger partial charge in [-0.05, 0) is 74.3 Å². The van der Waals surface area contributed by atoms with E-state index in [2.05, 4.69) is 33.0 Å². The summed E-state index contributed by atoms with van der Waals surface area (Å²) < 4.78 is 0. The van der Waals surface area contributed by atoms with Crippen LogP contribution >= 0.6 is 0 Å². The number of hydrogen-bond acceptors (Lipinski definition) is 1. The Balaban J connectivity index is 2.12. The highest BCUT2D eigenvalue weighted by Crippen LogP contribution is 2.51. The Bertz CT molecular complexity index is 236. The fourth-order valence-electron chi connectivity index (χ4n) is 4.80. The first-order valence-electron chi connectivity index (χ1n) is 7.72. The maximum absolute atomic E-state index is 3.64. The molecule has 1 saturated heterocycles. The molecule has 1 N–H and O–H groups in total. The van der Waals surface area contributed by atoms with Gasteiger partial charge in [0.25, 0.3) is 0 Å². The Kier molecular flexibility index (Phi) is 4.18. The molecule has 2 rings (SSSR count). The first kappa shape index (κ1) is 13.4. The highest BCUT2D eigenvalue weighted by atomic mass is 14.9. The fraction of sp³-hybridized carbons (Fsp3) is 1.00. The number of rotatable bonds is 2. The third kappa shape index (κ3) is 3.05. The molecule has 0 amide bonds. The van der Waals surface area contributed by atoms with Gasteiger partial charge in [-0.2, -0.15) is 0 Å². The summed E-state index contributed by atoms with van der Waals surface area (Å²) in [6, 6.07) is 0. The molecule has 1 spiro atoms. The van der Waals surface area contributed by atoms with Crippen LogP contribution in [0.5, 0.6) is 0 Å². The van der Waals surface area contributed by atoms with Crippen LogP contribution in [0.4, 0.5) is 0 Å². The lowest BCUT2D eigenvalue weighted by Gasteiger charge is -2.51. The molecule has 100 valence electrons. The highest BCUT2D eigenvalue weighted by Gasteiger charge is 2.44. The molecule has 17 heavy (non-hydrogen) atoms. The monoisotopic (exact) mass is 237 g/mol. The number of hydrogen-bond donors (Lipinski definition) is 1. The lowest BCUT2D eigenvalue weighted by molar-refractivity contribution is 0.00390. The van der Waals surface area contributed by atoms with Gasteiger partial charge in [-0.25, -0.2) is 0 Å². The van der Waals surface area contributed by atoms with Crippen LogP contribution < -0.4 is 5.32 Å². The molecule has 2 aliphatic rings. The van der Waals surface area contributed by atoms with Gasteiger partial charge in [-0.15, -0.1) is 0 Å².